The second-order valence-electron chi connectivity index (χ2n) is 5.00. The molecule has 0 radical (unpaired) electrons. The summed E-state index contributed by atoms with van der Waals surface area (Å²) in [6, 6.07) is 16.5. The van der Waals surface area contributed by atoms with Crippen LogP contribution >= 0.6 is 23.1 Å². The topological polar surface area (TPSA) is 47.0 Å². The van der Waals surface area contributed by atoms with Gasteiger partial charge in [-0.2, -0.15) is 0 Å². The molecule has 6 heteroatoms. The van der Waals surface area contributed by atoms with E-state index in [0.29, 0.717) is 4.21 Å². The van der Waals surface area contributed by atoms with Gasteiger partial charge in [0.15, 0.2) is 5.03 Å². The Bertz CT molecular complexity index is 914. The number of hydrogen-bond acceptors (Lipinski definition) is 5. The molecule has 118 valence electrons. The molecule has 3 aromatic rings. The van der Waals surface area contributed by atoms with E-state index in [0.717, 1.165) is 16.1 Å². The van der Waals surface area contributed by atoms with Gasteiger partial charge in [-0.15, -0.1) is 23.1 Å². The number of aryl methyl sites for hydroxylation is 1. The summed E-state index contributed by atoms with van der Waals surface area (Å²) in [5.74, 6) is 0. The average Bonchev–Trinajstić information content (AvgIpc) is 3.01. The highest BCUT2D eigenvalue weighted by Crippen LogP contribution is 2.38. The standard InChI is InChI=1S/C17H15NO2S3/c1-12-8-10-14(11-9-12)23(19,20)16-17(21-2)22-15(18-16)13-6-4-3-5-7-13/h3-11H,1-2H3. The minimum atomic E-state index is -3.61. The van der Waals surface area contributed by atoms with Crippen molar-refractivity contribution in [2.75, 3.05) is 6.26 Å². The van der Waals surface area contributed by atoms with Crippen LogP contribution in [-0.2, 0) is 9.84 Å². The first-order valence-corrected chi connectivity index (χ1v) is 10.5. The Balaban J connectivity index is 2.12. The number of thiazole rings is 1. The van der Waals surface area contributed by atoms with Crippen LogP contribution in [0.3, 0.4) is 0 Å². The highest BCUT2D eigenvalue weighted by Gasteiger charge is 2.26. The largest absolute Gasteiger partial charge is 0.225 e. The van der Waals surface area contributed by atoms with Crippen molar-refractivity contribution in [1.82, 2.24) is 4.98 Å². The molecule has 0 unspecified atom stereocenters. The fourth-order valence-electron chi connectivity index (χ4n) is 2.12. The molecular formula is C17H15NO2S3. The van der Waals surface area contributed by atoms with E-state index in [1.807, 2.05) is 43.5 Å². The fourth-order valence-corrected chi connectivity index (χ4v) is 5.85. The van der Waals surface area contributed by atoms with Gasteiger partial charge in [-0.3, -0.25) is 0 Å². The van der Waals surface area contributed by atoms with Crippen LogP contribution < -0.4 is 0 Å². The molecule has 0 bridgehead atoms. The minimum absolute atomic E-state index is 0.151. The van der Waals surface area contributed by atoms with Gasteiger partial charge >= 0.3 is 0 Å². The van der Waals surface area contributed by atoms with Crippen molar-refractivity contribution in [2.45, 2.75) is 21.1 Å². The van der Waals surface area contributed by atoms with E-state index in [1.165, 1.54) is 23.1 Å². The monoisotopic (exact) mass is 361 g/mol. The molecule has 0 N–H and O–H groups in total. The van der Waals surface area contributed by atoms with Crippen molar-refractivity contribution < 1.29 is 8.42 Å². The molecule has 0 atom stereocenters. The summed E-state index contributed by atoms with van der Waals surface area (Å²) < 4.78 is 26.5. The third kappa shape index (κ3) is 3.20. The molecule has 0 amide bonds. The molecule has 0 aliphatic rings. The third-order valence-corrected chi connectivity index (χ3v) is 7.53. The van der Waals surface area contributed by atoms with E-state index in [2.05, 4.69) is 4.98 Å². The van der Waals surface area contributed by atoms with Crippen LogP contribution in [0.1, 0.15) is 5.56 Å². The first-order chi connectivity index (χ1) is 11.0. The maximum absolute atomic E-state index is 12.9. The molecule has 2 aromatic carbocycles. The lowest BCUT2D eigenvalue weighted by atomic mass is 10.2. The fraction of sp³-hybridized carbons (Fsp3) is 0.118. The van der Waals surface area contributed by atoms with Gasteiger partial charge in [-0.25, -0.2) is 13.4 Å². The van der Waals surface area contributed by atoms with Gasteiger partial charge < -0.3 is 0 Å². The van der Waals surface area contributed by atoms with E-state index >= 15 is 0 Å². The summed E-state index contributed by atoms with van der Waals surface area (Å²) in [6.45, 7) is 1.93. The van der Waals surface area contributed by atoms with Gasteiger partial charge in [0.25, 0.3) is 0 Å². The van der Waals surface area contributed by atoms with Crippen LogP contribution in [-0.4, -0.2) is 19.7 Å². The number of rotatable bonds is 4. The molecular weight excluding hydrogens is 346 g/mol. The minimum Gasteiger partial charge on any atom is -0.223 e. The Morgan fingerprint density at radius 2 is 1.65 bits per heavy atom. The Morgan fingerprint density at radius 3 is 2.26 bits per heavy atom. The maximum Gasteiger partial charge on any atom is 0.225 e. The van der Waals surface area contributed by atoms with Crippen LogP contribution in [0.4, 0.5) is 0 Å². The lowest BCUT2D eigenvalue weighted by Crippen LogP contribution is -2.03. The van der Waals surface area contributed by atoms with Gasteiger partial charge in [0, 0.05) is 5.56 Å². The smallest absolute Gasteiger partial charge is 0.223 e. The third-order valence-electron chi connectivity index (χ3n) is 3.36. The summed E-state index contributed by atoms with van der Waals surface area (Å²) in [6.07, 6.45) is 1.87. The van der Waals surface area contributed by atoms with Gasteiger partial charge in [0.2, 0.25) is 9.84 Å². The Kier molecular flexibility index (Phi) is 4.57. The first kappa shape index (κ1) is 16.2. The van der Waals surface area contributed by atoms with Crippen LogP contribution in [0.15, 0.2) is 68.7 Å². The summed E-state index contributed by atoms with van der Waals surface area (Å²) in [7, 11) is -3.61. The Morgan fingerprint density at radius 1 is 1.00 bits per heavy atom. The lowest BCUT2D eigenvalue weighted by Gasteiger charge is -2.03. The zero-order valence-corrected chi connectivity index (χ0v) is 15.1. The number of nitrogens with zero attached hydrogens (tertiary/aromatic N) is 1. The van der Waals surface area contributed by atoms with Gasteiger partial charge in [-0.1, -0.05) is 48.0 Å². The number of thioether (sulfide) groups is 1. The summed E-state index contributed by atoms with van der Waals surface area (Å²) >= 11 is 2.82. The molecule has 0 aliphatic carbocycles. The quantitative estimate of drug-likeness (QED) is 0.633. The Labute approximate surface area is 144 Å². The van der Waals surface area contributed by atoms with Gasteiger partial charge in [-0.05, 0) is 25.3 Å². The normalized spacial score (nSPS) is 11.6. The summed E-state index contributed by atoms with van der Waals surface area (Å²) in [5.41, 5.74) is 1.95. The second kappa shape index (κ2) is 6.47. The molecule has 3 rings (SSSR count). The van der Waals surface area contributed by atoms with Crippen molar-refractivity contribution in [1.29, 1.82) is 0 Å². The molecule has 3 nitrogen and oxygen atoms in total. The van der Waals surface area contributed by atoms with Crippen LogP contribution in [0.5, 0.6) is 0 Å². The second-order valence-corrected chi connectivity index (χ2v) is 8.94. The number of hydrogen-bond donors (Lipinski definition) is 0. The van der Waals surface area contributed by atoms with E-state index < -0.39 is 9.84 Å². The van der Waals surface area contributed by atoms with Crippen molar-refractivity contribution in [3.8, 4) is 10.6 Å². The molecule has 1 aromatic heterocycles. The predicted octanol–water partition coefficient (Wildman–Crippen LogP) is 4.67. The van der Waals surface area contributed by atoms with E-state index in [1.54, 1.807) is 24.3 Å². The van der Waals surface area contributed by atoms with Crippen molar-refractivity contribution in [2.24, 2.45) is 0 Å². The molecule has 0 spiro atoms. The SMILES string of the molecule is CSc1sc(-c2ccccc2)nc1S(=O)(=O)c1ccc(C)cc1. The summed E-state index contributed by atoms with van der Waals surface area (Å²) in [5, 5.41) is 0.873. The van der Waals surface area contributed by atoms with Crippen LogP contribution in [0.2, 0.25) is 0 Å². The number of aromatic nitrogens is 1. The van der Waals surface area contributed by atoms with E-state index in [9.17, 15) is 8.42 Å². The van der Waals surface area contributed by atoms with Crippen molar-refractivity contribution in [3.05, 3.63) is 60.2 Å². The van der Waals surface area contributed by atoms with Gasteiger partial charge in [0.05, 0.1) is 9.10 Å². The van der Waals surface area contributed by atoms with E-state index in [4.69, 9.17) is 0 Å². The number of benzene rings is 2. The molecule has 0 aliphatic heterocycles. The molecule has 0 saturated carbocycles. The maximum atomic E-state index is 12.9. The van der Waals surface area contributed by atoms with Gasteiger partial charge in [0.1, 0.15) is 5.01 Å². The lowest BCUT2D eigenvalue weighted by molar-refractivity contribution is 0.591. The molecule has 0 saturated heterocycles. The highest BCUT2D eigenvalue weighted by atomic mass is 32.2. The van der Waals surface area contributed by atoms with Crippen molar-refractivity contribution in [3.63, 3.8) is 0 Å². The van der Waals surface area contributed by atoms with Crippen LogP contribution in [0.25, 0.3) is 10.6 Å². The predicted molar refractivity (Wildman–Crippen MR) is 96.0 cm³/mol. The zero-order chi connectivity index (χ0) is 16.4. The zero-order valence-electron chi connectivity index (χ0n) is 12.7. The Hall–Kier alpha value is -1.63. The van der Waals surface area contributed by atoms with Crippen LogP contribution in [0, 0.1) is 6.92 Å². The first-order valence-electron chi connectivity index (χ1n) is 6.94. The number of sulfone groups is 1. The summed E-state index contributed by atoms with van der Waals surface area (Å²) in [4.78, 5) is 4.71. The molecule has 0 fully saturated rings. The average molecular weight is 362 g/mol. The molecule has 1 heterocycles. The molecule has 23 heavy (non-hydrogen) atoms. The van der Waals surface area contributed by atoms with Crippen molar-refractivity contribution >= 4 is 32.9 Å². The van der Waals surface area contributed by atoms with E-state index in [-0.39, 0.29) is 9.92 Å². The highest BCUT2D eigenvalue weighted by molar-refractivity contribution is 8.01.